The summed E-state index contributed by atoms with van der Waals surface area (Å²) in [6.45, 7) is 1.93. The van der Waals surface area contributed by atoms with Gasteiger partial charge in [0.25, 0.3) is 5.91 Å². The number of rotatable bonds is 2. The van der Waals surface area contributed by atoms with Crippen molar-refractivity contribution in [2.45, 2.75) is 49.9 Å². The second-order valence-electron chi connectivity index (χ2n) is 5.19. The third-order valence-corrected chi connectivity index (χ3v) is 5.02. The second kappa shape index (κ2) is 6.76. The van der Waals surface area contributed by atoms with Crippen LogP contribution >= 0.6 is 27.5 Å². The highest BCUT2D eigenvalue weighted by Gasteiger charge is 2.23. The first-order valence-corrected chi connectivity index (χ1v) is 8.08. The van der Waals surface area contributed by atoms with Crippen molar-refractivity contribution in [1.29, 1.82) is 0 Å². The number of hydrogen-bond donors (Lipinski definition) is 1. The van der Waals surface area contributed by atoms with Gasteiger partial charge in [0, 0.05) is 21.5 Å². The first kappa shape index (κ1) is 14.9. The Kier molecular flexibility index (Phi) is 5.28. The molecule has 0 aromatic heterocycles. The molecule has 1 N–H and O–H groups in total. The van der Waals surface area contributed by atoms with Crippen molar-refractivity contribution in [2.24, 2.45) is 0 Å². The van der Waals surface area contributed by atoms with Crippen molar-refractivity contribution >= 4 is 33.4 Å². The molecule has 1 aromatic carbocycles. The molecule has 19 heavy (non-hydrogen) atoms. The first-order chi connectivity index (χ1) is 9.08. The average Bonchev–Trinajstić information content (AvgIpc) is 2.58. The van der Waals surface area contributed by atoms with Crippen LogP contribution in [0.25, 0.3) is 0 Å². The zero-order valence-electron chi connectivity index (χ0n) is 11.1. The molecule has 1 saturated carbocycles. The summed E-state index contributed by atoms with van der Waals surface area (Å²) in [6.07, 6.45) is 5.84. The van der Waals surface area contributed by atoms with Crippen LogP contribution in [0.4, 0.5) is 0 Å². The minimum atomic E-state index is -0.0173. The average molecular weight is 345 g/mol. The number of halogens is 2. The van der Waals surface area contributed by atoms with Gasteiger partial charge in [-0.2, -0.15) is 0 Å². The molecular formula is C15H19BrClNO. The molecule has 0 spiro atoms. The number of benzene rings is 1. The van der Waals surface area contributed by atoms with Gasteiger partial charge < -0.3 is 5.32 Å². The number of amides is 1. The van der Waals surface area contributed by atoms with Gasteiger partial charge in [0.05, 0.1) is 0 Å². The van der Waals surface area contributed by atoms with Gasteiger partial charge in [0.2, 0.25) is 0 Å². The molecule has 0 bridgehead atoms. The van der Waals surface area contributed by atoms with E-state index in [-0.39, 0.29) is 11.9 Å². The summed E-state index contributed by atoms with van der Waals surface area (Å²) in [7, 11) is 0. The molecule has 0 aliphatic heterocycles. The van der Waals surface area contributed by atoms with Crippen LogP contribution in [0.1, 0.15) is 48.0 Å². The number of alkyl halides is 1. The number of carbonyl (C=O) groups is 1. The van der Waals surface area contributed by atoms with Crippen molar-refractivity contribution in [2.75, 3.05) is 0 Å². The monoisotopic (exact) mass is 343 g/mol. The first-order valence-electron chi connectivity index (χ1n) is 6.79. The molecule has 1 amide bonds. The quantitative estimate of drug-likeness (QED) is 0.622. The highest BCUT2D eigenvalue weighted by atomic mass is 79.9. The van der Waals surface area contributed by atoms with E-state index in [1.54, 1.807) is 6.07 Å². The zero-order chi connectivity index (χ0) is 13.8. The van der Waals surface area contributed by atoms with Crippen LogP contribution in [-0.2, 0) is 0 Å². The van der Waals surface area contributed by atoms with Gasteiger partial charge in [-0.05, 0) is 37.5 Å². The molecule has 2 atom stereocenters. The van der Waals surface area contributed by atoms with Crippen molar-refractivity contribution in [3.8, 4) is 0 Å². The third-order valence-electron chi connectivity index (χ3n) is 3.69. The molecule has 2 rings (SSSR count). The van der Waals surface area contributed by atoms with Gasteiger partial charge in [0.1, 0.15) is 0 Å². The molecule has 0 heterocycles. The van der Waals surface area contributed by atoms with E-state index in [1.807, 2.05) is 19.1 Å². The van der Waals surface area contributed by atoms with Crippen LogP contribution in [0.15, 0.2) is 18.2 Å². The summed E-state index contributed by atoms with van der Waals surface area (Å²) < 4.78 is 0. The Bertz CT molecular complexity index is 463. The normalized spacial score (nSPS) is 23.7. The molecule has 1 fully saturated rings. The Morgan fingerprint density at radius 1 is 1.32 bits per heavy atom. The molecule has 2 unspecified atom stereocenters. The van der Waals surface area contributed by atoms with E-state index >= 15 is 0 Å². The molecule has 1 aromatic rings. The lowest BCUT2D eigenvalue weighted by Gasteiger charge is -2.22. The summed E-state index contributed by atoms with van der Waals surface area (Å²) in [5, 5.41) is 3.75. The van der Waals surface area contributed by atoms with Gasteiger partial charge in [-0.25, -0.2) is 0 Å². The SMILES string of the molecule is Cc1ccc(Cl)cc1C(=O)NC1CCCCCC1Br. The Morgan fingerprint density at radius 3 is 2.84 bits per heavy atom. The van der Waals surface area contributed by atoms with Crippen LogP contribution in [0.5, 0.6) is 0 Å². The van der Waals surface area contributed by atoms with E-state index in [0.29, 0.717) is 15.4 Å². The molecule has 1 aliphatic carbocycles. The summed E-state index contributed by atoms with van der Waals surface area (Å²) in [5.41, 5.74) is 1.64. The Labute approximate surface area is 128 Å². The Hall–Kier alpha value is -0.540. The predicted octanol–water partition coefficient (Wildman–Crippen LogP) is 4.47. The number of aryl methyl sites for hydroxylation is 1. The summed E-state index contributed by atoms with van der Waals surface area (Å²) in [5.74, 6) is -0.0173. The van der Waals surface area contributed by atoms with Crippen molar-refractivity contribution in [1.82, 2.24) is 5.32 Å². The lowest BCUT2D eigenvalue weighted by molar-refractivity contribution is 0.0934. The molecule has 0 saturated heterocycles. The van der Waals surface area contributed by atoms with Gasteiger partial charge in [-0.1, -0.05) is 52.9 Å². The molecule has 4 heteroatoms. The van der Waals surface area contributed by atoms with E-state index in [0.717, 1.165) is 18.4 Å². The lowest BCUT2D eigenvalue weighted by atomic mass is 10.1. The maximum atomic E-state index is 12.4. The largest absolute Gasteiger partial charge is 0.348 e. The number of hydrogen-bond acceptors (Lipinski definition) is 1. The van der Waals surface area contributed by atoms with E-state index < -0.39 is 0 Å². The summed E-state index contributed by atoms with van der Waals surface area (Å²) in [6, 6.07) is 5.66. The number of carbonyl (C=O) groups excluding carboxylic acids is 1. The van der Waals surface area contributed by atoms with Gasteiger partial charge in [-0.3, -0.25) is 4.79 Å². The maximum Gasteiger partial charge on any atom is 0.251 e. The van der Waals surface area contributed by atoms with Crippen LogP contribution in [0.2, 0.25) is 5.02 Å². The fraction of sp³-hybridized carbons (Fsp3) is 0.533. The van der Waals surface area contributed by atoms with E-state index in [9.17, 15) is 4.79 Å². The van der Waals surface area contributed by atoms with Gasteiger partial charge in [-0.15, -0.1) is 0 Å². The number of nitrogens with one attached hydrogen (secondary N) is 1. The zero-order valence-corrected chi connectivity index (χ0v) is 13.4. The minimum absolute atomic E-state index is 0.0173. The van der Waals surface area contributed by atoms with Crippen LogP contribution in [0.3, 0.4) is 0 Å². The fourth-order valence-corrected chi connectivity index (χ4v) is 3.40. The van der Waals surface area contributed by atoms with E-state index in [1.165, 1.54) is 19.3 Å². The smallest absolute Gasteiger partial charge is 0.251 e. The van der Waals surface area contributed by atoms with Crippen LogP contribution in [-0.4, -0.2) is 16.8 Å². The van der Waals surface area contributed by atoms with Gasteiger partial charge in [0.15, 0.2) is 0 Å². The highest BCUT2D eigenvalue weighted by molar-refractivity contribution is 9.09. The standard InChI is InChI=1S/C15H19BrClNO/c1-10-7-8-11(17)9-12(10)15(19)18-14-6-4-2-3-5-13(14)16/h7-9,13-14H,2-6H2,1H3,(H,18,19). The van der Waals surface area contributed by atoms with Crippen LogP contribution < -0.4 is 5.32 Å². The molecule has 2 nitrogen and oxygen atoms in total. The fourth-order valence-electron chi connectivity index (χ4n) is 2.51. The third kappa shape index (κ3) is 3.96. The molecule has 1 aliphatic rings. The highest BCUT2D eigenvalue weighted by Crippen LogP contribution is 2.24. The summed E-state index contributed by atoms with van der Waals surface area (Å²) >= 11 is 9.67. The predicted molar refractivity (Wildman–Crippen MR) is 83.2 cm³/mol. The van der Waals surface area contributed by atoms with E-state index in [4.69, 9.17) is 11.6 Å². The Balaban J connectivity index is 2.09. The topological polar surface area (TPSA) is 29.1 Å². The van der Waals surface area contributed by atoms with Gasteiger partial charge >= 0.3 is 0 Å². The summed E-state index contributed by atoms with van der Waals surface area (Å²) in [4.78, 5) is 12.7. The molecular weight excluding hydrogens is 326 g/mol. The molecule has 104 valence electrons. The maximum absolute atomic E-state index is 12.4. The van der Waals surface area contributed by atoms with Crippen molar-refractivity contribution in [3.63, 3.8) is 0 Å². The molecule has 0 radical (unpaired) electrons. The van der Waals surface area contributed by atoms with Crippen LogP contribution in [0, 0.1) is 6.92 Å². The van der Waals surface area contributed by atoms with Crippen molar-refractivity contribution in [3.05, 3.63) is 34.3 Å². The van der Waals surface area contributed by atoms with Crippen molar-refractivity contribution < 1.29 is 4.79 Å². The van der Waals surface area contributed by atoms with E-state index in [2.05, 4.69) is 21.2 Å². The Morgan fingerprint density at radius 2 is 2.05 bits per heavy atom. The second-order valence-corrected chi connectivity index (χ2v) is 6.81. The minimum Gasteiger partial charge on any atom is -0.348 e. The lowest BCUT2D eigenvalue weighted by Crippen LogP contribution is -2.40.